The van der Waals surface area contributed by atoms with Crippen LogP contribution < -0.4 is 0 Å². The maximum absolute atomic E-state index is 10.9. The summed E-state index contributed by atoms with van der Waals surface area (Å²) in [5, 5.41) is 8.87. The van der Waals surface area contributed by atoms with Gasteiger partial charge in [-0.3, -0.25) is 4.79 Å². The summed E-state index contributed by atoms with van der Waals surface area (Å²) in [6.07, 6.45) is 16.2. The van der Waals surface area contributed by atoms with Crippen molar-refractivity contribution in [3.63, 3.8) is 0 Å². The normalized spacial score (nSPS) is 10.0. The first-order valence-corrected chi connectivity index (χ1v) is 8.52. The van der Waals surface area contributed by atoms with E-state index in [1.54, 1.807) is 0 Å². The van der Waals surface area contributed by atoms with Crippen LogP contribution in [0, 0.1) is 10.1 Å². The molecule has 5 nitrogen and oxygen atoms in total. The summed E-state index contributed by atoms with van der Waals surface area (Å²) in [5.74, 6) is -0.733. The molecule has 6 heteroatoms. The van der Waals surface area contributed by atoms with Crippen molar-refractivity contribution >= 4 is 57.4 Å². The van der Waals surface area contributed by atoms with Crippen LogP contribution in [0.5, 0.6) is 0 Å². The fourth-order valence-corrected chi connectivity index (χ4v) is 2.42. The summed E-state index contributed by atoms with van der Waals surface area (Å²) in [6.45, 7) is 2.24. The molecule has 22 heavy (non-hydrogen) atoms. The molecule has 0 aromatic rings. The van der Waals surface area contributed by atoms with E-state index in [-0.39, 0.29) is 57.8 Å². The van der Waals surface area contributed by atoms with E-state index in [2.05, 4.69) is 11.8 Å². The van der Waals surface area contributed by atoms with Crippen molar-refractivity contribution in [3.05, 3.63) is 10.1 Å². The second-order valence-corrected chi connectivity index (χ2v) is 5.68. The zero-order chi connectivity index (χ0) is 15.8. The number of unbranched alkanes of at least 4 members (excludes halogenated alkanes) is 12. The van der Waals surface area contributed by atoms with Gasteiger partial charge in [-0.25, -0.2) is 4.84 Å². The Morgan fingerprint density at radius 2 is 1.18 bits per heavy atom. The SMILES string of the molecule is CCCCCCCCCCCCCCCC(=O)O[N+](=O)[O-].[KH]. The molecule has 126 valence electrons. The van der Waals surface area contributed by atoms with Gasteiger partial charge in [0.2, 0.25) is 0 Å². The zero-order valence-corrected chi connectivity index (χ0v) is 13.5. The first-order valence-electron chi connectivity index (χ1n) is 8.52. The molecule has 0 radical (unpaired) electrons. The minimum absolute atomic E-state index is 0. The van der Waals surface area contributed by atoms with E-state index in [0.717, 1.165) is 12.8 Å². The molecule has 0 amide bonds. The van der Waals surface area contributed by atoms with Crippen LogP contribution in [-0.2, 0) is 9.63 Å². The van der Waals surface area contributed by atoms with Gasteiger partial charge in [-0.1, -0.05) is 84.0 Å². The van der Waals surface area contributed by atoms with Gasteiger partial charge in [0, 0.05) is 6.42 Å². The molecule has 0 aliphatic rings. The molecule has 0 bridgehead atoms. The third kappa shape index (κ3) is 20.5. The van der Waals surface area contributed by atoms with Crippen molar-refractivity contribution in [3.8, 4) is 0 Å². The van der Waals surface area contributed by atoms with E-state index in [1.807, 2.05) is 0 Å². The Morgan fingerprint density at radius 1 is 0.818 bits per heavy atom. The second-order valence-electron chi connectivity index (χ2n) is 5.68. The summed E-state index contributed by atoms with van der Waals surface area (Å²) in [6, 6.07) is 0. The molecule has 0 aliphatic carbocycles. The van der Waals surface area contributed by atoms with E-state index in [1.165, 1.54) is 64.2 Å². The van der Waals surface area contributed by atoms with Crippen LogP contribution in [-0.4, -0.2) is 62.4 Å². The maximum atomic E-state index is 10.9. The number of hydrogen-bond acceptors (Lipinski definition) is 4. The summed E-state index contributed by atoms with van der Waals surface area (Å²) in [7, 11) is 0. The predicted molar refractivity (Wildman–Crippen MR) is 90.5 cm³/mol. The number of carbonyl (C=O) groups excluding carboxylic acids is 1. The molecule has 0 heterocycles. The summed E-state index contributed by atoms with van der Waals surface area (Å²) < 4.78 is 0. The van der Waals surface area contributed by atoms with Crippen LogP contribution in [0.2, 0.25) is 0 Å². The van der Waals surface area contributed by atoms with Crippen LogP contribution in [0.25, 0.3) is 0 Å². The number of carbonyl (C=O) groups is 1. The summed E-state index contributed by atoms with van der Waals surface area (Å²) >= 11 is 0. The Balaban J connectivity index is 0. The fraction of sp³-hybridized carbons (Fsp3) is 0.938. The van der Waals surface area contributed by atoms with Crippen molar-refractivity contribution in [2.24, 2.45) is 0 Å². The Hall–Kier alpha value is 0.506. The molecular formula is C16H32KNO4. The number of rotatable bonds is 15. The quantitative estimate of drug-likeness (QED) is 0.189. The first-order chi connectivity index (χ1) is 10.2. The van der Waals surface area contributed by atoms with Gasteiger partial charge >= 0.3 is 62.4 Å². The molecule has 0 N–H and O–H groups in total. The molecule has 0 saturated carbocycles. The van der Waals surface area contributed by atoms with Crippen LogP contribution >= 0.6 is 0 Å². The molecule has 0 rings (SSSR count). The minimum atomic E-state index is -1.04. The van der Waals surface area contributed by atoms with Gasteiger partial charge in [0.25, 0.3) is 0 Å². The predicted octanol–water partition coefficient (Wildman–Crippen LogP) is 4.55. The Morgan fingerprint density at radius 3 is 1.55 bits per heavy atom. The second kappa shape index (κ2) is 19.6. The zero-order valence-electron chi connectivity index (χ0n) is 13.5. The Labute approximate surface area is 177 Å². The molecule has 0 aromatic heterocycles. The average molecular weight is 342 g/mol. The third-order valence-electron chi connectivity index (χ3n) is 3.66. The third-order valence-corrected chi connectivity index (χ3v) is 3.66. The van der Waals surface area contributed by atoms with Crippen molar-refractivity contribution in [1.82, 2.24) is 0 Å². The molecular weight excluding hydrogens is 309 g/mol. The van der Waals surface area contributed by atoms with Gasteiger partial charge in [-0.05, 0) is 6.42 Å². The standard InChI is InChI=1S/C16H31NO4.K.H/c1-2-3-4-5-6-7-8-9-10-11-12-13-14-15-16(18)21-17(19)20;;/h2-15H2,1H3;;. The molecule has 0 saturated heterocycles. The molecule has 0 aromatic carbocycles. The van der Waals surface area contributed by atoms with Crippen LogP contribution in [0.4, 0.5) is 0 Å². The van der Waals surface area contributed by atoms with Crippen molar-refractivity contribution in [2.75, 3.05) is 0 Å². The van der Waals surface area contributed by atoms with Crippen molar-refractivity contribution in [2.45, 2.75) is 96.8 Å². The molecule has 0 atom stereocenters. The van der Waals surface area contributed by atoms with E-state index in [9.17, 15) is 14.9 Å². The van der Waals surface area contributed by atoms with Crippen LogP contribution in [0.3, 0.4) is 0 Å². The van der Waals surface area contributed by atoms with E-state index in [4.69, 9.17) is 0 Å². The van der Waals surface area contributed by atoms with E-state index < -0.39 is 11.1 Å². The molecule has 0 aliphatic heterocycles. The topological polar surface area (TPSA) is 69.4 Å². The van der Waals surface area contributed by atoms with E-state index >= 15 is 0 Å². The summed E-state index contributed by atoms with van der Waals surface area (Å²) in [4.78, 5) is 24.6. The van der Waals surface area contributed by atoms with Crippen LogP contribution in [0.1, 0.15) is 96.8 Å². The van der Waals surface area contributed by atoms with Gasteiger partial charge in [0.15, 0.2) is 0 Å². The summed E-state index contributed by atoms with van der Waals surface area (Å²) in [5.41, 5.74) is 0. The average Bonchev–Trinajstić information content (AvgIpc) is 2.43. The van der Waals surface area contributed by atoms with Crippen molar-refractivity contribution < 1.29 is 14.7 Å². The fourth-order valence-electron chi connectivity index (χ4n) is 2.42. The van der Waals surface area contributed by atoms with Crippen molar-refractivity contribution in [1.29, 1.82) is 0 Å². The van der Waals surface area contributed by atoms with Gasteiger partial charge in [0.05, 0.1) is 0 Å². The Bertz CT molecular complexity index is 275. The number of hydrogen-bond donors (Lipinski definition) is 0. The molecule has 0 unspecified atom stereocenters. The Kier molecular flexibility index (Phi) is 22.0. The molecule has 0 fully saturated rings. The molecule has 0 spiro atoms. The monoisotopic (exact) mass is 341 g/mol. The van der Waals surface area contributed by atoms with Crippen LogP contribution in [0.15, 0.2) is 0 Å². The van der Waals surface area contributed by atoms with E-state index in [0.29, 0.717) is 6.42 Å². The van der Waals surface area contributed by atoms with Gasteiger partial charge in [-0.2, -0.15) is 0 Å². The van der Waals surface area contributed by atoms with Gasteiger partial charge in [-0.15, -0.1) is 10.1 Å². The van der Waals surface area contributed by atoms with Gasteiger partial charge < -0.3 is 0 Å². The van der Waals surface area contributed by atoms with Gasteiger partial charge in [0.1, 0.15) is 0 Å². The first kappa shape index (κ1) is 24.8. The number of nitrogens with zero attached hydrogens (tertiary/aromatic N) is 1.